The Morgan fingerprint density at radius 3 is 2.64 bits per heavy atom. The smallest absolute Gasteiger partial charge is 0.410 e. The molecule has 0 atom stereocenters. The zero-order valence-electron chi connectivity index (χ0n) is 7.83. The third-order valence-electron chi connectivity index (χ3n) is 1.63. The standard InChI is InChI=1S/C9H10BrNO3/c1-5-3-6(10)4-7(13-2)8(5)14-9(11)12/h3-4H,1-2H3,(H2,11,12). The summed E-state index contributed by atoms with van der Waals surface area (Å²) in [6, 6.07) is 3.51. The van der Waals surface area contributed by atoms with E-state index in [0.29, 0.717) is 11.5 Å². The lowest BCUT2D eigenvalue weighted by molar-refractivity contribution is 0.208. The van der Waals surface area contributed by atoms with Crippen LogP contribution < -0.4 is 15.2 Å². The molecule has 0 saturated carbocycles. The maximum Gasteiger partial charge on any atom is 0.410 e. The Kier molecular flexibility index (Phi) is 3.35. The third kappa shape index (κ3) is 2.38. The first-order valence-corrected chi connectivity index (χ1v) is 4.65. The van der Waals surface area contributed by atoms with Gasteiger partial charge in [0.05, 0.1) is 7.11 Å². The molecule has 0 aromatic heterocycles. The number of carbonyl (C=O) groups is 1. The molecule has 76 valence electrons. The van der Waals surface area contributed by atoms with Crippen LogP contribution in [-0.4, -0.2) is 13.2 Å². The molecule has 0 fully saturated rings. The third-order valence-corrected chi connectivity index (χ3v) is 2.09. The maximum atomic E-state index is 10.6. The first kappa shape index (κ1) is 10.8. The summed E-state index contributed by atoms with van der Waals surface area (Å²) in [6.45, 7) is 1.80. The van der Waals surface area contributed by atoms with Crippen LogP contribution in [-0.2, 0) is 0 Å². The van der Waals surface area contributed by atoms with Gasteiger partial charge in [0, 0.05) is 4.47 Å². The number of hydrogen-bond acceptors (Lipinski definition) is 3. The van der Waals surface area contributed by atoms with Crippen molar-refractivity contribution in [2.75, 3.05) is 7.11 Å². The second-order valence-corrected chi connectivity index (χ2v) is 3.59. The summed E-state index contributed by atoms with van der Waals surface area (Å²) in [5, 5.41) is 0. The highest BCUT2D eigenvalue weighted by molar-refractivity contribution is 9.10. The molecule has 0 aliphatic heterocycles. The van der Waals surface area contributed by atoms with Crippen molar-refractivity contribution in [1.29, 1.82) is 0 Å². The predicted molar refractivity (Wildman–Crippen MR) is 55.6 cm³/mol. The number of primary amides is 1. The number of rotatable bonds is 2. The average molecular weight is 260 g/mol. The Hall–Kier alpha value is -1.23. The van der Waals surface area contributed by atoms with Crippen LogP contribution in [0.15, 0.2) is 16.6 Å². The molecule has 0 spiro atoms. The quantitative estimate of drug-likeness (QED) is 0.886. The molecule has 0 heterocycles. The molecule has 0 bridgehead atoms. The van der Waals surface area contributed by atoms with Gasteiger partial charge in [0.2, 0.25) is 0 Å². The van der Waals surface area contributed by atoms with E-state index in [9.17, 15) is 4.79 Å². The van der Waals surface area contributed by atoms with Gasteiger partial charge in [0.1, 0.15) is 0 Å². The fourth-order valence-corrected chi connectivity index (χ4v) is 1.63. The number of benzene rings is 1. The van der Waals surface area contributed by atoms with E-state index in [2.05, 4.69) is 15.9 Å². The Morgan fingerprint density at radius 2 is 2.14 bits per heavy atom. The van der Waals surface area contributed by atoms with Gasteiger partial charge in [-0.25, -0.2) is 4.79 Å². The van der Waals surface area contributed by atoms with Crippen molar-refractivity contribution >= 4 is 22.0 Å². The van der Waals surface area contributed by atoms with Gasteiger partial charge < -0.3 is 15.2 Å². The lowest BCUT2D eigenvalue weighted by Gasteiger charge is -2.10. The van der Waals surface area contributed by atoms with Gasteiger partial charge in [0.15, 0.2) is 11.5 Å². The SMILES string of the molecule is COc1cc(Br)cc(C)c1OC(N)=O. The predicted octanol–water partition coefficient (Wildman–Crippen LogP) is 2.22. The molecule has 0 unspecified atom stereocenters. The number of carbonyl (C=O) groups excluding carboxylic acids is 1. The Balaban J connectivity index is 3.18. The summed E-state index contributed by atoms with van der Waals surface area (Å²) in [7, 11) is 1.50. The van der Waals surface area contributed by atoms with Crippen LogP contribution in [0.1, 0.15) is 5.56 Å². The maximum absolute atomic E-state index is 10.6. The van der Waals surface area contributed by atoms with Crippen molar-refractivity contribution in [3.63, 3.8) is 0 Å². The molecule has 0 saturated heterocycles. The molecule has 0 aliphatic rings. The highest BCUT2D eigenvalue weighted by Crippen LogP contribution is 2.34. The van der Waals surface area contributed by atoms with Crippen molar-refractivity contribution in [3.8, 4) is 11.5 Å². The van der Waals surface area contributed by atoms with Crippen LogP contribution in [0.2, 0.25) is 0 Å². The second kappa shape index (κ2) is 4.32. The molecule has 5 heteroatoms. The van der Waals surface area contributed by atoms with Crippen molar-refractivity contribution < 1.29 is 14.3 Å². The average Bonchev–Trinajstić information content (AvgIpc) is 2.08. The number of nitrogens with two attached hydrogens (primary N) is 1. The molecule has 0 aliphatic carbocycles. The van der Waals surface area contributed by atoms with E-state index in [1.54, 1.807) is 19.1 Å². The van der Waals surface area contributed by atoms with E-state index < -0.39 is 6.09 Å². The van der Waals surface area contributed by atoms with Gasteiger partial charge in [-0.1, -0.05) is 15.9 Å². The van der Waals surface area contributed by atoms with E-state index >= 15 is 0 Å². The summed E-state index contributed by atoms with van der Waals surface area (Å²) in [5.41, 5.74) is 5.70. The largest absolute Gasteiger partial charge is 0.493 e. The van der Waals surface area contributed by atoms with Crippen molar-refractivity contribution in [2.24, 2.45) is 5.73 Å². The van der Waals surface area contributed by atoms with Gasteiger partial charge in [-0.05, 0) is 24.6 Å². The van der Waals surface area contributed by atoms with Crippen LogP contribution in [0.3, 0.4) is 0 Å². The highest BCUT2D eigenvalue weighted by atomic mass is 79.9. The Bertz CT molecular complexity index is 365. The molecule has 2 N–H and O–H groups in total. The number of halogens is 1. The number of ether oxygens (including phenoxy) is 2. The number of amides is 1. The van der Waals surface area contributed by atoms with Crippen molar-refractivity contribution in [3.05, 3.63) is 22.2 Å². The van der Waals surface area contributed by atoms with Crippen LogP contribution >= 0.6 is 15.9 Å². The molecule has 1 rings (SSSR count). The molecule has 4 nitrogen and oxygen atoms in total. The van der Waals surface area contributed by atoms with Crippen LogP contribution in [0.4, 0.5) is 4.79 Å². The minimum Gasteiger partial charge on any atom is -0.493 e. The van der Waals surface area contributed by atoms with E-state index in [0.717, 1.165) is 10.0 Å². The van der Waals surface area contributed by atoms with E-state index in [-0.39, 0.29) is 0 Å². The van der Waals surface area contributed by atoms with E-state index in [1.807, 2.05) is 0 Å². The Labute approximate surface area is 90.1 Å². The van der Waals surface area contributed by atoms with Gasteiger partial charge >= 0.3 is 6.09 Å². The van der Waals surface area contributed by atoms with E-state index in [4.69, 9.17) is 15.2 Å². The number of hydrogen-bond donors (Lipinski definition) is 1. The molecule has 1 aromatic carbocycles. The molecule has 0 radical (unpaired) electrons. The highest BCUT2D eigenvalue weighted by Gasteiger charge is 2.11. The fourth-order valence-electron chi connectivity index (χ4n) is 1.08. The van der Waals surface area contributed by atoms with Crippen LogP contribution in [0.25, 0.3) is 0 Å². The summed E-state index contributed by atoms with van der Waals surface area (Å²) in [6.07, 6.45) is -0.853. The normalized spacial score (nSPS) is 9.64. The van der Waals surface area contributed by atoms with Gasteiger partial charge in [0.25, 0.3) is 0 Å². The summed E-state index contributed by atoms with van der Waals surface area (Å²) in [4.78, 5) is 10.6. The first-order chi connectivity index (χ1) is 6.54. The molecular weight excluding hydrogens is 250 g/mol. The number of methoxy groups -OCH3 is 1. The molecular formula is C9H10BrNO3. The first-order valence-electron chi connectivity index (χ1n) is 3.86. The minimum absolute atomic E-state index is 0.350. The summed E-state index contributed by atoms with van der Waals surface area (Å²) in [5.74, 6) is 0.818. The molecule has 1 aromatic rings. The summed E-state index contributed by atoms with van der Waals surface area (Å²) < 4.78 is 10.7. The summed E-state index contributed by atoms with van der Waals surface area (Å²) >= 11 is 3.30. The zero-order valence-corrected chi connectivity index (χ0v) is 9.42. The van der Waals surface area contributed by atoms with Crippen LogP contribution in [0, 0.1) is 6.92 Å². The van der Waals surface area contributed by atoms with Crippen molar-refractivity contribution in [1.82, 2.24) is 0 Å². The fraction of sp³-hybridized carbons (Fsp3) is 0.222. The topological polar surface area (TPSA) is 61.6 Å². The minimum atomic E-state index is -0.853. The lowest BCUT2D eigenvalue weighted by Crippen LogP contribution is -2.17. The van der Waals surface area contributed by atoms with E-state index in [1.165, 1.54) is 7.11 Å². The van der Waals surface area contributed by atoms with Gasteiger partial charge in [-0.3, -0.25) is 0 Å². The Morgan fingerprint density at radius 1 is 1.50 bits per heavy atom. The lowest BCUT2D eigenvalue weighted by atomic mass is 10.2. The van der Waals surface area contributed by atoms with Gasteiger partial charge in [-0.15, -0.1) is 0 Å². The number of aryl methyl sites for hydroxylation is 1. The molecule has 14 heavy (non-hydrogen) atoms. The van der Waals surface area contributed by atoms with Gasteiger partial charge in [-0.2, -0.15) is 0 Å². The second-order valence-electron chi connectivity index (χ2n) is 2.68. The van der Waals surface area contributed by atoms with Crippen LogP contribution in [0.5, 0.6) is 11.5 Å². The monoisotopic (exact) mass is 259 g/mol. The van der Waals surface area contributed by atoms with Crippen molar-refractivity contribution in [2.45, 2.75) is 6.92 Å². The molecule has 1 amide bonds. The zero-order chi connectivity index (χ0) is 10.7.